The third-order valence-corrected chi connectivity index (χ3v) is 6.18. The molecule has 2 N–H and O–H groups in total. The predicted molar refractivity (Wildman–Crippen MR) is 145 cm³/mol. The van der Waals surface area contributed by atoms with E-state index in [0.717, 1.165) is 35.5 Å². The van der Waals surface area contributed by atoms with Gasteiger partial charge in [-0.05, 0) is 34.9 Å². The fraction of sp³-hybridized carbons (Fsp3) is 0.133. The number of H-pyrrole nitrogens is 1. The minimum Gasteiger partial charge on any atom is -0.377 e. The van der Waals surface area contributed by atoms with Crippen molar-refractivity contribution >= 4 is 16.6 Å². The molecule has 3 aromatic carbocycles. The normalized spacial score (nSPS) is 11.0. The molecular weight excluding hydrogens is 432 g/mol. The Kier molecular flexibility index (Phi) is 6.42. The quantitative estimate of drug-likeness (QED) is 0.331. The molecular formula is C30H28N4O. The predicted octanol–water partition coefficient (Wildman–Crippen LogP) is 5.61. The van der Waals surface area contributed by atoms with Crippen LogP contribution in [0, 0.1) is 0 Å². The summed E-state index contributed by atoms with van der Waals surface area (Å²) in [5, 5.41) is 4.15. The second kappa shape index (κ2) is 9.95. The van der Waals surface area contributed by atoms with E-state index < -0.39 is 0 Å². The van der Waals surface area contributed by atoms with E-state index in [4.69, 9.17) is 4.98 Å². The molecule has 0 saturated carbocycles. The summed E-state index contributed by atoms with van der Waals surface area (Å²) in [6.07, 6.45) is 1.65. The van der Waals surface area contributed by atoms with Crippen LogP contribution in [0.3, 0.4) is 0 Å². The van der Waals surface area contributed by atoms with E-state index in [1.165, 1.54) is 16.8 Å². The van der Waals surface area contributed by atoms with E-state index in [2.05, 4.69) is 77.8 Å². The van der Waals surface area contributed by atoms with Crippen molar-refractivity contribution < 1.29 is 0 Å². The number of nitrogens with zero attached hydrogens (tertiary/aromatic N) is 2. The number of para-hydroxylation sites is 1. The molecule has 5 nitrogen and oxygen atoms in total. The van der Waals surface area contributed by atoms with E-state index in [1.54, 1.807) is 6.20 Å². The van der Waals surface area contributed by atoms with Crippen molar-refractivity contribution in [3.05, 3.63) is 119 Å². The maximum absolute atomic E-state index is 12.4. The van der Waals surface area contributed by atoms with Gasteiger partial charge in [0.15, 0.2) is 0 Å². The number of aromatic amines is 1. The summed E-state index contributed by atoms with van der Waals surface area (Å²) in [5.74, 6) is 0. The van der Waals surface area contributed by atoms with E-state index >= 15 is 0 Å². The minimum atomic E-state index is -0.129. The van der Waals surface area contributed by atoms with E-state index in [0.29, 0.717) is 10.9 Å². The Hall–Kier alpha value is -4.22. The van der Waals surface area contributed by atoms with Gasteiger partial charge in [0.1, 0.15) is 0 Å². The van der Waals surface area contributed by atoms with E-state index in [1.807, 2.05) is 42.5 Å². The van der Waals surface area contributed by atoms with Gasteiger partial charge in [-0.3, -0.25) is 4.79 Å². The number of hydrogen-bond acceptors (Lipinski definition) is 4. The van der Waals surface area contributed by atoms with Crippen molar-refractivity contribution in [1.82, 2.24) is 15.3 Å². The second-order valence-electron chi connectivity index (χ2n) is 8.81. The molecule has 0 aliphatic rings. The van der Waals surface area contributed by atoms with Crippen molar-refractivity contribution in [2.24, 2.45) is 0 Å². The van der Waals surface area contributed by atoms with Crippen LogP contribution in [0.1, 0.15) is 11.1 Å². The van der Waals surface area contributed by atoms with Crippen molar-refractivity contribution in [2.45, 2.75) is 13.1 Å². The lowest BCUT2D eigenvalue weighted by atomic mass is 9.97. The summed E-state index contributed by atoms with van der Waals surface area (Å²) >= 11 is 0. The van der Waals surface area contributed by atoms with Crippen LogP contribution in [0.15, 0.2) is 102 Å². The van der Waals surface area contributed by atoms with Gasteiger partial charge in [-0.1, -0.05) is 72.8 Å². The summed E-state index contributed by atoms with van der Waals surface area (Å²) in [5.41, 5.74) is 8.13. The molecule has 0 spiro atoms. The highest BCUT2D eigenvalue weighted by Gasteiger charge is 2.13. The molecule has 0 bridgehead atoms. The first-order valence-electron chi connectivity index (χ1n) is 11.7. The smallest absolute Gasteiger partial charge is 0.257 e. The molecule has 0 unspecified atom stereocenters. The monoisotopic (exact) mass is 460 g/mol. The number of anilines is 1. The molecule has 0 amide bonds. The standard InChI is InChI=1S/C30H28N4O/c1-34(2)28-11-7-6-10-24(28)20-31-19-21-12-14-23(15-13-21)29-25(22-8-4-3-5-9-22)18-26-27(33-29)16-17-32-30(26)35/h3-18,31H,19-20H2,1-2H3,(H,32,35). The number of benzene rings is 3. The molecule has 35 heavy (non-hydrogen) atoms. The molecule has 5 aromatic rings. The third kappa shape index (κ3) is 4.86. The van der Waals surface area contributed by atoms with Gasteiger partial charge in [-0.15, -0.1) is 0 Å². The number of rotatable bonds is 7. The fourth-order valence-electron chi connectivity index (χ4n) is 4.39. The first kappa shape index (κ1) is 22.6. The lowest BCUT2D eigenvalue weighted by Crippen LogP contribution is -2.17. The van der Waals surface area contributed by atoms with Crippen molar-refractivity contribution in [2.75, 3.05) is 19.0 Å². The average molecular weight is 461 g/mol. The summed E-state index contributed by atoms with van der Waals surface area (Å²) in [4.78, 5) is 22.2. The van der Waals surface area contributed by atoms with Crippen molar-refractivity contribution in [3.63, 3.8) is 0 Å². The highest BCUT2D eigenvalue weighted by Crippen LogP contribution is 2.32. The summed E-state index contributed by atoms with van der Waals surface area (Å²) in [6, 6.07) is 30.8. The maximum Gasteiger partial charge on any atom is 0.257 e. The molecule has 2 aromatic heterocycles. The number of fused-ring (bicyclic) bond motifs is 1. The molecule has 0 aliphatic carbocycles. The maximum atomic E-state index is 12.4. The van der Waals surface area contributed by atoms with Crippen LogP contribution in [0.5, 0.6) is 0 Å². The topological polar surface area (TPSA) is 61.0 Å². The SMILES string of the molecule is CN(C)c1ccccc1CNCc1ccc(-c2nc3cc[nH]c(=O)c3cc2-c2ccccc2)cc1. The molecule has 0 fully saturated rings. The fourth-order valence-corrected chi connectivity index (χ4v) is 4.39. The molecule has 0 atom stereocenters. The summed E-state index contributed by atoms with van der Waals surface area (Å²) in [7, 11) is 4.14. The largest absolute Gasteiger partial charge is 0.377 e. The number of aromatic nitrogens is 2. The first-order chi connectivity index (χ1) is 17.1. The van der Waals surface area contributed by atoms with Crippen LogP contribution in [0.25, 0.3) is 33.3 Å². The zero-order valence-corrected chi connectivity index (χ0v) is 20.0. The van der Waals surface area contributed by atoms with Gasteiger partial charge >= 0.3 is 0 Å². The Morgan fingerprint density at radius 3 is 2.34 bits per heavy atom. The number of pyridine rings is 2. The Bertz CT molecular complexity index is 1510. The molecule has 0 radical (unpaired) electrons. The third-order valence-electron chi connectivity index (χ3n) is 6.18. The summed E-state index contributed by atoms with van der Waals surface area (Å²) in [6.45, 7) is 1.57. The van der Waals surface area contributed by atoms with Crippen molar-refractivity contribution in [3.8, 4) is 22.4 Å². The van der Waals surface area contributed by atoms with Crippen LogP contribution in [-0.4, -0.2) is 24.1 Å². The Balaban J connectivity index is 1.42. The highest BCUT2D eigenvalue weighted by atomic mass is 16.1. The minimum absolute atomic E-state index is 0.129. The van der Waals surface area contributed by atoms with E-state index in [-0.39, 0.29) is 5.56 Å². The molecule has 5 heteroatoms. The second-order valence-corrected chi connectivity index (χ2v) is 8.81. The molecule has 2 heterocycles. The lowest BCUT2D eigenvalue weighted by Gasteiger charge is -2.17. The average Bonchev–Trinajstić information content (AvgIpc) is 2.89. The Morgan fingerprint density at radius 2 is 1.57 bits per heavy atom. The van der Waals surface area contributed by atoms with Gasteiger partial charge in [0.25, 0.3) is 5.56 Å². The zero-order valence-electron chi connectivity index (χ0n) is 20.0. The van der Waals surface area contributed by atoms with Gasteiger partial charge in [0, 0.05) is 50.2 Å². The van der Waals surface area contributed by atoms with Gasteiger partial charge in [0.2, 0.25) is 0 Å². The van der Waals surface area contributed by atoms with Crippen LogP contribution in [0.2, 0.25) is 0 Å². The van der Waals surface area contributed by atoms with Gasteiger partial charge in [-0.25, -0.2) is 4.98 Å². The molecule has 5 rings (SSSR count). The van der Waals surface area contributed by atoms with E-state index in [9.17, 15) is 4.79 Å². The van der Waals surface area contributed by atoms with Gasteiger partial charge in [-0.2, -0.15) is 0 Å². The first-order valence-corrected chi connectivity index (χ1v) is 11.7. The molecule has 174 valence electrons. The highest BCUT2D eigenvalue weighted by molar-refractivity contribution is 5.91. The molecule has 0 aliphatic heterocycles. The Morgan fingerprint density at radius 1 is 0.829 bits per heavy atom. The number of hydrogen-bond donors (Lipinski definition) is 2. The van der Waals surface area contributed by atoms with Crippen molar-refractivity contribution in [1.29, 1.82) is 0 Å². The van der Waals surface area contributed by atoms with Crippen LogP contribution in [0.4, 0.5) is 5.69 Å². The molecule has 0 saturated heterocycles. The lowest BCUT2D eigenvalue weighted by molar-refractivity contribution is 0.692. The summed E-state index contributed by atoms with van der Waals surface area (Å²) < 4.78 is 0. The zero-order chi connectivity index (χ0) is 24.2. The van der Waals surface area contributed by atoms with Crippen LogP contribution < -0.4 is 15.8 Å². The Labute approximate surface area is 205 Å². The number of nitrogens with one attached hydrogen (secondary N) is 2. The van der Waals surface area contributed by atoms with Gasteiger partial charge < -0.3 is 15.2 Å². The van der Waals surface area contributed by atoms with Crippen LogP contribution >= 0.6 is 0 Å². The van der Waals surface area contributed by atoms with Gasteiger partial charge in [0.05, 0.1) is 16.6 Å². The van der Waals surface area contributed by atoms with Crippen LogP contribution in [-0.2, 0) is 13.1 Å².